The predicted molar refractivity (Wildman–Crippen MR) is 67.8 cm³/mol. The molecular weight excluding hydrogens is 252 g/mol. The first-order valence-electron chi connectivity index (χ1n) is 5.17. The Balaban J connectivity index is 2.03. The van der Waals surface area contributed by atoms with E-state index in [9.17, 15) is 9.59 Å². The van der Waals surface area contributed by atoms with E-state index in [0.29, 0.717) is 0 Å². The molecule has 0 radical (unpaired) electrons. The first-order valence-corrected chi connectivity index (χ1v) is 6.04. The van der Waals surface area contributed by atoms with Gasteiger partial charge in [0.2, 0.25) is 5.91 Å². The molecule has 0 fully saturated rings. The number of aromatic nitrogens is 1. The summed E-state index contributed by atoms with van der Waals surface area (Å²) in [6.45, 7) is 0. The van der Waals surface area contributed by atoms with Crippen LogP contribution in [-0.4, -0.2) is 22.0 Å². The zero-order valence-corrected chi connectivity index (χ0v) is 10.1. The standard InChI is InChI=1S/C12H10N2O3S/c15-11(7-9-2-1-5-18-9)14-10-6-8(12(16)17)3-4-13-10/h1-6H,7H2,(H,16,17)(H,13,14,15). The maximum Gasteiger partial charge on any atom is 0.335 e. The third-order valence-electron chi connectivity index (χ3n) is 2.19. The number of carboxylic acid groups (broad SMARTS) is 1. The minimum Gasteiger partial charge on any atom is -0.478 e. The second kappa shape index (κ2) is 5.42. The maximum atomic E-state index is 11.7. The van der Waals surface area contributed by atoms with Crippen LogP contribution in [0.1, 0.15) is 15.2 Å². The maximum absolute atomic E-state index is 11.7. The van der Waals surface area contributed by atoms with Crippen LogP contribution in [0.15, 0.2) is 35.8 Å². The van der Waals surface area contributed by atoms with Crippen molar-refractivity contribution in [2.75, 3.05) is 5.32 Å². The largest absolute Gasteiger partial charge is 0.478 e. The van der Waals surface area contributed by atoms with E-state index in [-0.39, 0.29) is 23.7 Å². The molecule has 0 bridgehead atoms. The summed E-state index contributed by atoms with van der Waals surface area (Å²) in [6, 6.07) is 6.44. The van der Waals surface area contributed by atoms with Gasteiger partial charge >= 0.3 is 5.97 Å². The van der Waals surface area contributed by atoms with E-state index in [4.69, 9.17) is 5.11 Å². The van der Waals surface area contributed by atoms with Crippen LogP contribution in [0.4, 0.5) is 5.82 Å². The molecule has 2 heterocycles. The number of carbonyl (C=O) groups is 2. The Kier molecular flexibility index (Phi) is 3.69. The Labute approximate surface area is 107 Å². The van der Waals surface area contributed by atoms with Gasteiger partial charge in [0.25, 0.3) is 0 Å². The quantitative estimate of drug-likeness (QED) is 0.883. The van der Waals surface area contributed by atoms with Crippen LogP contribution >= 0.6 is 11.3 Å². The fourth-order valence-corrected chi connectivity index (χ4v) is 2.09. The van der Waals surface area contributed by atoms with Crippen LogP contribution in [0.5, 0.6) is 0 Å². The van der Waals surface area contributed by atoms with Crippen molar-refractivity contribution in [1.82, 2.24) is 4.98 Å². The molecule has 92 valence electrons. The molecule has 2 rings (SSSR count). The van der Waals surface area contributed by atoms with Crippen LogP contribution in [0.2, 0.25) is 0 Å². The summed E-state index contributed by atoms with van der Waals surface area (Å²) >= 11 is 1.49. The van der Waals surface area contributed by atoms with Gasteiger partial charge in [-0.2, -0.15) is 0 Å². The summed E-state index contributed by atoms with van der Waals surface area (Å²) in [6.07, 6.45) is 1.61. The average molecular weight is 262 g/mol. The molecule has 1 amide bonds. The molecule has 0 saturated heterocycles. The van der Waals surface area contributed by atoms with Crippen molar-refractivity contribution in [3.8, 4) is 0 Å². The number of nitrogens with one attached hydrogen (secondary N) is 1. The molecule has 0 aromatic carbocycles. The van der Waals surface area contributed by atoms with E-state index in [1.165, 1.54) is 29.7 Å². The van der Waals surface area contributed by atoms with Crippen molar-refractivity contribution in [3.63, 3.8) is 0 Å². The number of carboxylic acids is 1. The summed E-state index contributed by atoms with van der Waals surface area (Å²) in [5.74, 6) is -1.02. The highest BCUT2D eigenvalue weighted by Gasteiger charge is 2.08. The van der Waals surface area contributed by atoms with Crippen LogP contribution < -0.4 is 5.32 Å². The van der Waals surface area contributed by atoms with Crippen LogP contribution in [0, 0.1) is 0 Å². The molecule has 18 heavy (non-hydrogen) atoms. The molecule has 0 spiro atoms. The number of carbonyl (C=O) groups excluding carboxylic acids is 1. The highest BCUT2D eigenvalue weighted by Crippen LogP contribution is 2.11. The van der Waals surface area contributed by atoms with Gasteiger partial charge in [-0.25, -0.2) is 9.78 Å². The zero-order chi connectivity index (χ0) is 13.0. The summed E-state index contributed by atoms with van der Waals surface area (Å²) in [5.41, 5.74) is 0.0939. The van der Waals surface area contributed by atoms with Gasteiger partial charge in [0.05, 0.1) is 12.0 Å². The number of hydrogen-bond acceptors (Lipinski definition) is 4. The molecule has 2 aromatic rings. The fraction of sp³-hybridized carbons (Fsp3) is 0.0833. The predicted octanol–water partition coefficient (Wildman–Crippen LogP) is 2.02. The van der Waals surface area contributed by atoms with E-state index >= 15 is 0 Å². The lowest BCUT2D eigenvalue weighted by molar-refractivity contribution is -0.115. The summed E-state index contributed by atoms with van der Waals surface area (Å²) < 4.78 is 0. The van der Waals surface area contributed by atoms with E-state index < -0.39 is 5.97 Å². The summed E-state index contributed by atoms with van der Waals surface area (Å²) in [5, 5.41) is 13.3. The SMILES string of the molecule is O=C(Cc1cccs1)Nc1cc(C(=O)O)ccn1. The monoisotopic (exact) mass is 262 g/mol. The highest BCUT2D eigenvalue weighted by atomic mass is 32.1. The number of nitrogens with zero attached hydrogens (tertiary/aromatic N) is 1. The van der Waals surface area contributed by atoms with Gasteiger partial charge in [0, 0.05) is 11.1 Å². The van der Waals surface area contributed by atoms with E-state index in [0.717, 1.165) is 4.88 Å². The second-order valence-electron chi connectivity index (χ2n) is 3.54. The Morgan fingerprint density at radius 2 is 2.22 bits per heavy atom. The second-order valence-corrected chi connectivity index (χ2v) is 4.57. The van der Waals surface area contributed by atoms with Crippen molar-refractivity contribution in [1.29, 1.82) is 0 Å². The number of rotatable bonds is 4. The van der Waals surface area contributed by atoms with Crippen molar-refractivity contribution in [2.24, 2.45) is 0 Å². The van der Waals surface area contributed by atoms with Crippen molar-refractivity contribution in [3.05, 3.63) is 46.3 Å². The Bertz CT molecular complexity index is 566. The Morgan fingerprint density at radius 3 is 2.89 bits per heavy atom. The molecule has 0 aliphatic rings. The number of amides is 1. The molecule has 2 aromatic heterocycles. The summed E-state index contributed by atoms with van der Waals surface area (Å²) in [7, 11) is 0. The number of pyridine rings is 1. The molecule has 6 heteroatoms. The smallest absolute Gasteiger partial charge is 0.335 e. The third kappa shape index (κ3) is 3.14. The average Bonchev–Trinajstić information content (AvgIpc) is 2.82. The van der Waals surface area contributed by atoms with E-state index in [1.54, 1.807) is 0 Å². The van der Waals surface area contributed by atoms with Crippen LogP contribution in [0.25, 0.3) is 0 Å². The van der Waals surface area contributed by atoms with Gasteiger partial charge in [0.1, 0.15) is 5.82 Å². The minimum atomic E-state index is -1.05. The van der Waals surface area contributed by atoms with Crippen molar-refractivity contribution in [2.45, 2.75) is 6.42 Å². The molecule has 0 aliphatic heterocycles. The van der Waals surface area contributed by atoms with Gasteiger partial charge in [-0.15, -0.1) is 11.3 Å². The van der Waals surface area contributed by atoms with Crippen molar-refractivity contribution >= 4 is 29.0 Å². The van der Waals surface area contributed by atoms with Crippen molar-refractivity contribution < 1.29 is 14.7 Å². The van der Waals surface area contributed by atoms with Gasteiger partial charge in [0.15, 0.2) is 0 Å². The molecule has 2 N–H and O–H groups in total. The number of anilines is 1. The van der Waals surface area contributed by atoms with E-state index in [2.05, 4.69) is 10.3 Å². The normalized spacial score (nSPS) is 10.0. The third-order valence-corrected chi connectivity index (χ3v) is 3.07. The van der Waals surface area contributed by atoms with Gasteiger partial charge in [-0.3, -0.25) is 4.79 Å². The minimum absolute atomic E-state index is 0.0939. The molecular formula is C12H10N2O3S. The number of hydrogen-bond donors (Lipinski definition) is 2. The van der Waals surface area contributed by atoms with Crippen LogP contribution in [0.3, 0.4) is 0 Å². The van der Waals surface area contributed by atoms with Gasteiger partial charge < -0.3 is 10.4 Å². The molecule has 0 atom stereocenters. The number of thiophene rings is 1. The van der Waals surface area contributed by atoms with Gasteiger partial charge in [-0.1, -0.05) is 6.07 Å². The Hall–Kier alpha value is -2.21. The number of aromatic carboxylic acids is 1. The molecule has 5 nitrogen and oxygen atoms in total. The van der Waals surface area contributed by atoms with Gasteiger partial charge in [-0.05, 0) is 23.6 Å². The topological polar surface area (TPSA) is 79.3 Å². The zero-order valence-electron chi connectivity index (χ0n) is 9.29. The Morgan fingerprint density at radius 1 is 1.39 bits per heavy atom. The molecule has 0 saturated carbocycles. The lowest BCUT2D eigenvalue weighted by Crippen LogP contribution is -2.15. The first-order chi connectivity index (χ1) is 8.65. The van der Waals surface area contributed by atoms with Crippen LogP contribution in [-0.2, 0) is 11.2 Å². The first kappa shape index (κ1) is 12.3. The molecule has 0 aliphatic carbocycles. The highest BCUT2D eigenvalue weighted by molar-refractivity contribution is 7.10. The molecule has 0 unspecified atom stereocenters. The van der Waals surface area contributed by atoms with E-state index in [1.807, 2.05) is 17.5 Å². The summed E-state index contributed by atoms with van der Waals surface area (Å²) in [4.78, 5) is 27.3. The lowest BCUT2D eigenvalue weighted by Gasteiger charge is -2.03. The lowest BCUT2D eigenvalue weighted by atomic mass is 10.2. The fourth-order valence-electron chi connectivity index (χ4n) is 1.39.